The van der Waals surface area contributed by atoms with Crippen LogP contribution in [0.1, 0.15) is 32.2 Å². The zero-order valence-corrected chi connectivity index (χ0v) is 20.3. The van der Waals surface area contributed by atoms with Crippen molar-refractivity contribution in [1.29, 1.82) is 0 Å². The van der Waals surface area contributed by atoms with Gasteiger partial charge in [0, 0.05) is 32.2 Å². The summed E-state index contributed by atoms with van der Waals surface area (Å²) in [6.07, 6.45) is 0. The van der Waals surface area contributed by atoms with Gasteiger partial charge in [0.2, 0.25) is 15.9 Å². The Balaban J connectivity index is 1.45. The van der Waals surface area contributed by atoms with Crippen molar-refractivity contribution in [1.82, 2.24) is 14.3 Å². The van der Waals surface area contributed by atoms with Crippen molar-refractivity contribution in [2.45, 2.75) is 38.0 Å². The molecule has 1 fully saturated rings. The van der Waals surface area contributed by atoms with Crippen LogP contribution in [0.5, 0.6) is 11.6 Å². The predicted molar refractivity (Wildman–Crippen MR) is 129 cm³/mol. The van der Waals surface area contributed by atoms with Gasteiger partial charge in [-0.2, -0.15) is 9.29 Å². The highest BCUT2D eigenvalue weighted by Gasteiger charge is 2.29. The monoisotopic (exact) mass is 466 g/mol. The first-order chi connectivity index (χ1) is 15.6. The number of hydrogen-bond donors (Lipinski definition) is 0. The highest BCUT2D eigenvalue weighted by Crippen LogP contribution is 2.27. The van der Waals surface area contributed by atoms with Crippen molar-refractivity contribution in [2.75, 3.05) is 31.1 Å². The van der Waals surface area contributed by atoms with E-state index in [4.69, 9.17) is 4.74 Å². The van der Waals surface area contributed by atoms with E-state index in [0.29, 0.717) is 48.5 Å². The molecule has 0 unspecified atom stereocenters. The molecule has 3 aromatic rings. The quantitative estimate of drug-likeness (QED) is 0.555. The summed E-state index contributed by atoms with van der Waals surface area (Å²) in [5, 5.41) is 0. The minimum absolute atomic E-state index is 0.0212. The van der Waals surface area contributed by atoms with Gasteiger partial charge in [0.05, 0.1) is 4.90 Å². The molecule has 0 atom stereocenters. The van der Waals surface area contributed by atoms with Gasteiger partial charge in [0.15, 0.2) is 0 Å². The molecule has 0 spiro atoms. The lowest BCUT2D eigenvalue weighted by Crippen LogP contribution is -2.49. The van der Waals surface area contributed by atoms with Crippen LogP contribution in [-0.4, -0.2) is 48.9 Å². The van der Waals surface area contributed by atoms with Crippen LogP contribution < -0.4 is 9.64 Å². The lowest BCUT2D eigenvalue weighted by atomic mass is 9.87. The number of piperazine rings is 1. The molecule has 1 aliphatic heterocycles. The predicted octanol–water partition coefficient (Wildman–Crippen LogP) is 4.39. The molecule has 2 aromatic carbocycles. The van der Waals surface area contributed by atoms with Crippen molar-refractivity contribution in [3.63, 3.8) is 0 Å². The van der Waals surface area contributed by atoms with Crippen molar-refractivity contribution < 1.29 is 13.2 Å². The van der Waals surface area contributed by atoms with Crippen LogP contribution in [0.2, 0.25) is 0 Å². The average molecular weight is 467 g/mol. The van der Waals surface area contributed by atoms with Crippen molar-refractivity contribution in [2.24, 2.45) is 0 Å². The molecular formula is C25H30N4O3S. The topological polar surface area (TPSA) is 75.6 Å². The number of aromatic nitrogens is 2. The second kappa shape index (κ2) is 9.11. The Morgan fingerprint density at radius 2 is 1.52 bits per heavy atom. The Bertz CT molecular complexity index is 1200. The molecule has 1 aromatic heterocycles. The number of sulfonamides is 1. The maximum Gasteiger partial charge on any atom is 0.243 e. The summed E-state index contributed by atoms with van der Waals surface area (Å²) in [5.41, 5.74) is 1.09. The third-order valence-corrected chi connectivity index (χ3v) is 7.60. The van der Waals surface area contributed by atoms with Crippen molar-refractivity contribution in [3.8, 4) is 11.6 Å². The molecule has 0 amide bonds. The van der Waals surface area contributed by atoms with E-state index in [-0.39, 0.29) is 5.41 Å². The van der Waals surface area contributed by atoms with E-state index in [2.05, 4.69) is 35.6 Å². The summed E-state index contributed by atoms with van der Waals surface area (Å²) in [7, 11) is -3.54. The number of nitrogens with zero attached hydrogens (tertiary/aromatic N) is 4. The molecule has 1 saturated heterocycles. The number of rotatable bonds is 5. The van der Waals surface area contributed by atoms with E-state index in [9.17, 15) is 8.42 Å². The van der Waals surface area contributed by atoms with Crippen LogP contribution in [0.15, 0.2) is 65.6 Å². The normalized spacial score (nSPS) is 15.5. The summed E-state index contributed by atoms with van der Waals surface area (Å²) in [5.74, 6) is 2.51. The molecule has 0 saturated carbocycles. The molecule has 33 heavy (non-hydrogen) atoms. The third kappa shape index (κ3) is 5.34. The minimum Gasteiger partial charge on any atom is -0.439 e. The summed E-state index contributed by atoms with van der Waals surface area (Å²) >= 11 is 0. The smallest absolute Gasteiger partial charge is 0.243 e. The Hall–Kier alpha value is -2.97. The molecule has 0 aliphatic carbocycles. The van der Waals surface area contributed by atoms with Gasteiger partial charge in [0.25, 0.3) is 0 Å². The maximum atomic E-state index is 13.2. The first-order valence-corrected chi connectivity index (χ1v) is 12.5. The largest absolute Gasteiger partial charge is 0.439 e. The number of benzene rings is 2. The molecule has 8 heteroatoms. The number of aryl methyl sites for hydroxylation is 1. The first kappa shape index (κ1) is 23.2. The summed E-state index contributed by atoms with van der Waals surface area (Å²) in [6, 6.07) is 18.5. The first-order valence-electron chi connectivity index (χ1n) is 11.1. The fourth-order valence-corrected chi connectivity index (χ4v) is 5.20. The molecule has 7 nitrogen and oxygen atoms in total. The van der Waals surface area contributed by atoms with Crippen LogP contribution in [0.3, 0.4) is 0 Å². The number of anilines is 1. The molecule has 0 radical (unpaired) electrons. The second-order valence-corrected chi connectivity index (χ2v) is 11.1. The van der Waals surface area contributed by atoms with Gasteiger partial charge in [0.1, 0.15) is 17.4 Å². The van der Waals surface area contributed by atoms with E-state index in [1.165, 1.54) is 0 Å². The molecular weight excluding hydrogens is 436 g/mol. The second-order valence-electron chi connectivity index (χ2n) is 9.19. The number of hydrogen-bond acceptors (Lipinski definition) is 6. The van der Waals surface area contributed by atoms with Crippen molar-refractivity contribution in [3.05, 3.63) is 72.1 Å². The fraction of sp³-hybridized carbons (Fsp3) is 0.360. The lowest BCUT2D eigenvalue weighted by Gasteiger charge is -2.34. The van der Waals surface area contributed by atoms with Gasteiger partial charge in [-0.1, -0.05) is 51.1 Å². The average Bonchev–Trinajstić information content (AvgIpc) is 2.79. The summed E-state index contributed by atoms with van der Waals surface area (Å²) < 4.78 is 33.7. The molecule has 4 rings (SSSR count). The van der Waals surface area contributed by atoms with Gasteiger partial charge in [-0.3, -0.25) is 0 Å². The van der Waals surface area contributed by atoms with Crippen LogP contribution in [0.4, 0.5) is 5.82 Å². The molecule has 0 bridgehead atoms. The Kier molecular flexibility index (Phi) is 6.41. The standard InChI is InChI=1S/C25H30N4O3S/c1-19-26-23(18-24(27-19)32-21-8-6-5-7-9-21)28-14-16-29(17-15-28)33(30,31)22-12-10-20(11-13-22)25(2,3)4/h5-13,18H,14-17H2,1-4H3. The number of para-hydroxylation sites is 1. The SMILES string of the molecule is Cc1nc(Oc2ccccc2)cc(N2CCN(S(=O)(=O)c3ccc(C(C)(C)C)cc3)CC2)n1. The maximum absolute atomic E-state index is 13.2. The highest BCUT2D eigenvalue weighted by molar-refractivity contribution is 7.89. The Labute approximate surface area is 196 Å². The zero-order chi connectivity index (χ0) is 23.6. The van der Waals surface area contributed by atoms with E-state index >= 15 is 0 Å². The van der Waals surface area contributed by atoms with Crippen LogP contribution in [0, 0.1) is 6.92 Å². The summed E-state index contributed by atoms with van der Waals surface area (Å²) in [6.45, 7) is 10.0. The summed E-state index contributed by atoms with van der Waals surface area (Å²) in [4.78, 5) is 11.3. The van der Waals surface area contributed by atoms with Crippen LogP contribution >= 0.6 is 0 Å². The van der Waals surface area contributed by atoms with E-state index in [0.717, 1.165) is 11.4 Å². The molecule has 0 N–H and O–H groups in total. The third-order valence-electron chi connectivity index (χ3n) is 5.69. The Morgan fingerprint density at radius 1 is 0.879 bits per heavy atom. The zero-order valence-electron chi connectivity index (χ0n) is 19.5. The lowest BCUT2D eigenvalue weighted by molar-refractivity contribution is 0.383. The van der Waals surface area contributed by atoms with Gasteiger partial charge < -0.3 is 9.64 Å². The van der Waals surface area contributed by atoms with Gasteiger partial charge >= 0.3 is 0 Å². The van der Waals surface area contributed by atoms with Crippen LogP contribution in [-0.2, 0) is 15.4 Å². The van der Waals surface area contributed by atoms with E-state index in [1.54, 1.807) is 22.5 Å². The molecule has 1 aliphatic rings. The molecule has 2 heterocycles. The van der Waals surface area contributed by atoms with E-state index < -0.39 is 10.0 Å². The molecule has 174 valence electrons. The minimum atomic E-state index is -3.54. The Morgan fingerprint density at radius 3 is 2.12 bits per heavy atom. The number of ether oxygens (including phenoxy) is 1. The highest BCUT2D eigenvalue weighted by atomic mass is 32.2. The van der Waals surface area contributed by atoms with Gasteiger partial charge in [-0.15, -0.1) is 0 Å². The fourth-order valence-electron chi connectivity index (χ4n) is 3.78. The van der Waals surface area contributed by atoms with Gasteiger partial charge in [-0.05, 0) is 42.2 Å². The van der Waals surface area contributed by atoms with Crippen molar-refractivity contribution >= 4 is 15.8 Å². The van der Waals surface area contributed by atoms with Crippen LogP contribution in [0.25, 0.3) is 0 Å². The van der Waals surface area contributed by atoms with E-state index in [1.807, 2.05) is 49.4 Å². The van der Waals surface area contributed by atoms with Gasteiger partial charge in [-0.25, -0.2) is 13.4 Å².